The van der Waals surface area contributed by atoms with Crippen molar-refractivity contribution < 1.29 is 19.7 Å². The molecule has 4 atom stereocenters. The van der Waals surface area contributed by atoms with Crippen molar-refractivity contribution in [2.24, 2.45) is 0 Å². The second-order valence-electron chi connectivity index (χ2n) is 7.55. The second-order valence-corrected chi connectivity index (χ2v) is 11.9. The van der Waals surface area contributed by atoms with Crippen LogP contribution in [-0.4, -0.2) is 80.4 Å². The Morgan fingerprint density at radius 3 is 2.74 bits per heavy atom. The van der Waals surface area contributed by atoms with Crippen molar-refractivity contribution in [3.63, 3.8) is 0 Å². The molecule has 27 heavy (non-hydrogen) atoms. The molecule has 0 unspecified atom stereocenters. The zero-order valence-electron chi connectivity index (χ0n) is 15.9. The smallest absolute Gasteiger partial charge is 0.247 e. The van der Waals surface area contributed by atoms with Crippen LogP contribution in [0.4, 0.5) is 5.95 Å². The number of aromatic nitrogens is 4. The van der Waals surface area contributed by atoms with Crippen LogP contribution in [0.25, 0.3) is 11.2 Å². The van der Waals surface area contributed by atoms with Crippen molar-refractivity contribution in [1.29, 1.82) is 0 Å². The highest BCUT2D eigenvalue weighted by Crippen LogP contribution is 2.40. The molecule has 2 aromatic rings. The number of hydrogen-bond donors (Lipinski definition) is 3. The molecule has 0 aromatic carbocycles. The van der Waals surface area contributed by atoms with E-state index in [1.807, 2.05) is 6.92 Å². The van der Waals surface area contributed by atoms with Crippen LogP contribution < -0.4 is 10.5 Å². The third kappa shape index (κ3) is 4.27. The summed E-state index contributed by atoms with van der Waals surface area (Å²) in [5, 5.41) is 21.0. The van der Waals surface area contributed by atoms with Gasteiger partial charge in [-0.3, -0.25) is 4.57 Å². The summed E-state index contributed by atoms with van der Waals surface area (Å²) < 4.78 is 13.1. The summed E-state index contributed by atoms with van der Waals surface area (Å²) in [6.45, 7) is 5.47. The predicted molar refractivity (Wildman–Crippen MR) is 107 cm³/mol. The van der Waals surface area contributed by atoms with E-state index >= 15 is 0 Å². The van der Waals surface area contributed by atoms with E-state index in [4.69, 9.17) is 15.2 Å². The van der Waals surface area contributed by atoms with Gasteiger partial charge in [0.05, 0.1) is 19.0 Å². The van der Waals surface area contributed by atoms with Gasteiger partial charge in [-0.25, -0.2) is 4.98 Å². The summed E-state index contributed by atoms with van der Waals surface area (Å²) in [7, 11) is 0. The molecule has 2 aromatic heterocycles. The van der Waals surface area contributed by atoms with Crippen LogP contribution in [0.3, 0.4) is 0 Å². The Kier molecular flexibility index (Phi) is 5.76. The lowest BCUT2D eigenvalue weighted by Crippen LogP contribution is -2.31. The van der Waals surface area contributed by atoms with Gasteiger partial charge >= 0.3 is 0 Å². The number of imidazole rings is 1. The lowest BCUT2D eigenvalue weighted by atomic mass is 10.1. The van der Waals surface area contributed by atoms with E-state index in [0.29, 0.717) is 30.1 Å². The number of nitrogen functional groups attached to an aromatic ring is 1. The molecule has 0 saturated carbocycles. The van der Waals surface area contributed by atoms with Crippen LogP contribution >= 0.6 is 6.89 Å². The van der Waals surface area contributed by atoms with Gasteiger partial charge in [0.2, 0.25) is 11.8 Å². The number of nitrogens with two attached hydrogens (primary N) is 1. The first-order chi connectivity index (χ1) is 12.7. The van der Waals surface area contributed by atoms with Crippen LogP contribution in [0.1, 0.15) is 26.0 Å². The first-order valence-corrected chi connectivity index (χ1v) is 12.1. The zero-order chi connectivity index (χ0) is 19.8. The molecule has 0 spiro atoms. The molecule has 0 bridgehead atoms. The number of nitrogens with zero attached hydrogens (tertiary/aromatic N) is 4. The van der Waals surface area contributed by atoms with Crippen molar-refractivity contribution in [3.05, 3.63) is 6.33 Å². The van der Waals surface area contributed by atoms with Gasteiger partial charge in [-0.15, -0.1) is 13.2 Å². The third-order valence-electron chi connectivity index (χ3n) is 4.48. The monoisotopic (exact) mass is 397 g/mol. The lowest BCUT2D eigenvalue weighted by Gasteiger charge is -2.18. The van der Waals surface area contributed by atoms with Crippen LogP contribution in [-0.2, 0) is 4.74 Å². The summed E-state index contributed by atoms with van der Waals surface area (Å²) in [5.41, 5.74) is 6.65. The highest BCUT2D eigenvalue weighted by atomic mass is 31.2. The Bertz CT molecular complexity index is 851. The minimum atomic E-state index is -1.25. The number of fused-ring (bicyclic) bond motifs is 1. The second kappa shape index (κ2) is 7.75. The molecule has 1 aliphatic heterocycles. The van der Waals surface area contributed by atoms with Crippen LogP contribution in [0.5, 0.6) is 5.88 Å². The average Bonchev–Trinajstić information content (AvgIpc) is 3.12. The average molecular weight is 397 g/mol. The van der Waals surface area contributed by atoms with E-state index in [0.717, 1.165) is 12.6 Å². The van der Waals surface area contributed by atoms with Gasteiger partial charge in [-0.05, 0) is 32.3 Å². The van der Waals surface area contributed by atoms with Gasteiger partial charge in [0, 0.05) is 0 Å². The highest BCUT2D eigenvalue weighted by molar-refractivity contribution is 7.72. The van der Waals surface area contributed by atoms with Gasteiger partial charge in [-0.2, -0.15) is 9.97 Å². The number of hydrogen-bond acceptors (Lipinski definition) is 8. The molecule has 1 aliphatic rings. The van der Waals surface area contributed by atoms with E-state index in [9.17, 15) is 10.2 Å². The Morgan fingerprint density at radius 1 is 1.33 bits per heavy atom. The largest absolute Gasteiger partial charge is 0.476 e. The molecule has 9 nitrogen and oxygen atoms in total. The number of aliphatic hydroxyl groups excluding tert-OH is 2. The molecule has 3 rings (SSSR count). The Hall–Kier alpha value is -1.67. The first kappa shape index (κ1) is 20.1. The van der Waals surface area contributed by atoms with E-state index in [-0.39, 0.29) is 5.95 Å². The molecule has 3 heterocycles. The Morgan fingerprint density at radius 2 is 2.07 bits per heavy atom. The van der Waals surface area contributed by atoms with Gasteiger partial charge in [-0.1, -0.05) is 6.92 Å². The molecular weight excluding hydrogens is 369 g/mol. The lowest BCUT2D eigenvalue weighted by molar-refractivity contribution is -0.0353. The fraction of sp³-hybridized carbons (Fsp3) is 0.647. The standard InChI is InChI=1S/C17H28N5O4P/c1-5-7-25-15-11-14(20-17(18)21-15)22(9-19-11)16-13(24)12(23)10(26-16)6-8-27(2,3)4/h9-10,12-13,16,23-24H,2,5-8H2,1,3-4H3,(H2,18,20,21)/t10-,12-,13-,16-/m1/s1. The quantitative estimate of drug-likeness (QED) is 0.588. The van der Waals surface area contributed by atoms with Gasteiger partial charge < -0.3 is 25.4 Å². The van der Waals surface area contributed by atoms with Crippen LogP contribution in [0.15, 0.2) is 6.33 Å². The molecule has 10 heteroatoms. The number of rotatable bonds is 7. The van der Waals surface area contributed by atoms with Gasteiger partial charge in [0.25, 0.3) is 0 Å². The van der Waals surface area contributed by atoms with Crippen molar-refractivity contribution in [3.8, 4) is 5.88 Å². The Labute approximate surface area is 158 Å². The predicted octanol–water partition coefficient (Wildman–Crippen LogP) is 0.916. The molecule has 0 radical (unpaired) electrons. The van der Waals surface area contributed by atoms with Crippen LogP contribution in [0, 0.1) is 0 Å². The molecule has 0 amide bonds. The summed E-state index contributed by atoms with van der Waals surface area (Å²) in [6.07, 6.45) is 4.61. The van der Waals surface area contributed by atoms with Crippen molar-refractivity contribution in [2.75, 3.05) is 31.8 Å². The minimum Gasteiger partial charge on any atom is -0.476 e. The van der Waals surface area contributed by atoms with E-state index in [1.54, 1.807) is 4.57 Å². The van der Waals surface area contributed by atoms with Gasteiger partial charge in [0.15, 0.2) is 17.4 Å². The van der Waals surface area contributed by atoms with Gasteiger partial charge in [0.1, 0.15) is 12.2 Å². The maximum absolute atomic E-state index is 10.5. The fourth-order valence-corrected chi connectivity index (χ4v) is 4.02. The topological polar surface area (TPSA) is 129 Å². The summed E-state index contributed by atoms with van der Waals surface area (Å²) >= 11 is 0. The SMILES string of the molecule is C=P(C)(C)CC[C@H]1O[C@@H](n2cnc3c(OCCC)nc(N)nc32)[C@H](O)[C@@H]1O. The maximum atomic E-state index is 10.5. The van der Waals surface area contributed by atoms with E-state index in [1.165, 1.54) is 6.33 Å². The molecule has 4 N–H and O–H groups in total. The van der Waals surface area contributed by atoms with Crippen molar-refractivity contribution in [1.82, 2.24) is 19.5 Å². The van der Waals surface area contributed by atoms with Crippen molar-refractivity contribution in [2.45, 2.75) is 44.3 Å². The number of ether oxygens (including phenoxy) is 2. The fourth-order valence-electron chi connectivity index (χ4n) is 3.07. The summed E-state index contributed by atoms with van der Waals surface area (Å²) in [6, 6.07) is 0. The third-order valence-corrected chi connectivity index (χ3v) is 5.95. The zero-order valence-corrected chi connectivity index (χ0v) is 16.8. The summed E-state index contributed by atoms with van der Waals surface area (Å²) in [4.78, 5) is 12.6. The van der Waals surface area contributed by atoms with E-state index in [2.05, 4.69) is 34.6 Å². The molecule has 1 saturated heterocycles. The number of aliphatic hydroxyl groups is 2. The normalized spacial score (nSPS) is 26.0. The maximum Gasteiger partial charge on any atom is 0.247 e. The van der Waals surface area contributed by atoms with E-state index < -0.39 is 31.4 Å². The molecular formula is C17H28N5O4P. The molecule has 150 valence electrons. The number of anilines is 1. The molecule has 1 fully saturated rings. The minimum absolute atomic E-state index is 0.0449. The van der Waals surface area contributed by atoms with Crippen LogP contribution in [0.2, 0.25) is 0 Å². The molecule has 0 aliphatic carbocycles. The Balaban J connectivity index is 1.88. The first-order valence-electron chi connectivity index (χ1n) is 9.03. The highest BCUT2D eigenvalue weighted by Gasteiger charge is 2.44. The summed E-state index contributed by atoms with van der Waals surface area (Å²) in [5.74, 6) is 0.342. The van der Waals surface area contributed by atoms with Crippen molar-refractivity contribution >= 4 is 30.3 Å².